The standard InChI is InChI=1S/C20H28N4O/c1-19(2,3)24-15-17(21-22-24)14-23-11-9-20(10-12-23)18-7-5-4-6-16(18)8-13-25-20/h4-7,15H,8-14H2,1-3H3. The van der Waals surface area contributed by atoms with Crippen LogP contribution in [0.3, 0.4) is 0 Å². The van der Waals surface area contributed by atoms with E-state index in [1.165, 1.54) is 11.1 Å². The minimum atomic E-state index is -0.0750. The first-order valence-electron chi connectivity index (χ1n) is 9.33. The van der Waals surface area contributed by atoms with Crippen LogP contribution in [0.5, 0.6) is 0 Å². The third-order valence-electron chi connectivity index (χ3n) is 5.54. The molecule has 1 aromatic heterocycles. The second-order valence-corrected chi connectivity index (χ2v) is 8.35. The van der Waals surface area contributed by atoms with Gasteiger partial charge in [0.15, 0.2) is 0 Å². The SMILES string of the molecule is CC(C)(C)n1cc(CN2CCC3(CC2)OCCc2ccccc23)nn1. The van der Waals surface area contributed by atoms with E-state index >= 15 is 0 Å². The van der Waals surface area contributed by atoms with E-state index in [9.17, 15) is 0 Å². The second-order valence-electron chi connectivity index (χ2n) is 8.35. The van der Waals surface area contributed by atoms with Crippen LogP contribution in [0.25, 0.3) is 0 Å². The van der Waals surface area contributed by atoms with Gasteiger partial charge in [-0.05, 0) is 51.2 Å². The summed E-state index contributed by atoms with van der Waals surface area (Å²) in [4.78, 5) is 2.48. The van der Waals surface area contributed by atoms with E-state index in [2.05, 4.69) is 66.4 Å². The Bertz CT molecular complexity index is 738. The maximum absolute atomic E-state index is 6.32. The maximum Gasteiger partial charge on any atom is 0.0967 e. The molecule has 0 atom stereocenters. The van der Waals surface area contributed by atoms with Crippen molar-refractivity contribution in [2.75, 3.05) is 19.7 Å². The van der Waals surface area contributed by atoms with Gasteiger partial charge < -0.3 is 4.74 Å². The monoisotopic (exact) mass is 340 g/mol. The summed E-state index contributed by atoms with van der Waals surface area (Å²) in [6.45, 7) is 10.2. The summed E-state index contributed by atoms with van der Waals surface area (Å²) in [7, 11) is 0. The Morgan fingerprint density at radius 1 is 1.16 bits per heavy atom. The minimum Gasteiger partial charge on any atom is -0.370 e. The highest BCUT2D eigenvalue weighted by atomic mass is 16.5. The maximum atomic E-state index is 6.32. The number of hydrogen-bond acceptors (Lipinski definition) is 4. The summed E-state index contributed by atoms with van der Waals surface area (Å²) in [5.41, 5.74) is 3.84. The Hall–Kier alpha value is -1.72. The van der Waals surface area contributed by atoms with Gasteiger partial charge in [0.25, 0.3) is 0 Å². The molecule has 5 nitrogen and oxygen atoms in total. The largest absolute Gasteiger partial charge is 0.370 e. The van der Waals surface area contributed by atoms with Gasteiger partial charge in [0, 0.05) is 19.6 Å². The van der Waals surface area contributed by atoms with E-state index in [4.69, 9.17) is 4.74 Å². The van der Waals surface area contributed by atoms with E-state index in [1.807, 2.05) is 4.68 Å². The number of aromatic nitrogens is 3. The van der Waals surface area contributed by atoms with Crippen LogP contribution >= 0.6 is 0 Å². The molecule has 2 aromatic rings. The molecule has 4 rings (SSSR count). The van der Waals surface area contributed by atoms with Crippen molar-refractivity contribution in [1.29, 1.82) is 0 Å². The Kier molecular flexibility index (Phi) is 4.16. The summed E-state index contributed by atoms with van der Waals surface area (Å²) in [5, 5.41) is 8.64. The van der Waals surface area contributed by atoms with Gasteiger partial charge in [0.1, 0.15) is 0 Å². The number of likely N-dealkylation sites (tertiary alicyclic amines) is 1. The zero-order valence-corrected chi connectivity index (χ0v) is 15.5. The number of fused-ring (bicyclic) bond motifs is 2. The molecule has 1 spiro atoms. The first-order valence-corrected chi connectivity index (χ1v) is 9.33. The fourth-order valence-corrected chi connectivity index (χ4v) is 4.03. The van der Waals surface area contributed by atoms with E-state index in [0.29, 0.717) is 0 Å². The number of benzene rings is 1. The summed E-state index contributed by atoms with van der Waals surface area (Å²) in [6, 6.07) is 8.81. The predicted molar refractivity (Wildman–Crippen MR) is 97.3 cm³/mol. The Labute approximate surface area is 150 Å². The molecular weight excluding hydrogens is 312 g/mol. The molecule has 5 heteroatoms. The molecule has 1 aromatic carbocycles. The molecule has 2 aliphatic rings. The number of hydrogen-bond donors (Lipinski definition) is 0. The van der Waals surface area contributed by atoms with Gasteiger partial charge in [-0.25, -0.2) is 4.68 Å². The third-order valence-corrected chi connectivity index (χ3v) is 5.54. The first-order chi connectivity index (χ1) is 12.0. The van der Waals surface area contributed by atoms with Crippen molar-refractivity contribution in [3.8, 4) is 0 Å². The van der Waals surface area contributed by atoms with Crippen LogP contribution in [0.15, 0.2) is 30.5 Å². The molecule has 0 radical (unpaired) electrons. The topological polar surface area (TPSA) is 43.2 Å². The van der Waals surface area contributed by atoms with Crippen LogP contribution in [0.1, 0.15) is 50.4 Å². The zero-order chi connectivity index (χ0) is 17.5. The smallest absolute Gasteiger partial charge is 0.0967 e. The molecule has 2 aliphatic heterocycles. The molecule has 0 aliphatic carbocycles. The number of rotatable bonds is 2. The predicted octanol–water partition coefficient (Wildman–Crippen LogP) is 3.10. The van der Waals surface area contributed by atoms with Crippen molar-refractivity contribution >= 4 is 0 Å². The molecule has 0 unspecified atom stereocenters. The van der Waals surface area contributed by atoms with Crippen LogP contribution in [0, 0.1) is 0 Å². The minimum absolute atomic E-state index is 0.0170. The average Bonchev–Trinajstić information content (AvgIpc) is 3.07. The lowest BCUT2D eigenvalue weighted by Gasteiger charge is -2.45. The molecule has 1 saturated heterocycles. The molecular formula is C20H28N4O. The van der Waals surface area contributed by atoms with Gasteiger partial charge >= 0.3 is 0 Å². The molecule has 0 bridgehead atoms. The van der Waals surface area contributed by atoms with Gasteiger partial charge in [-0.15, -0.1) is 5.10 Å². The fraction of sp³-hybridized carbons (Fsp3) is 0.600. The van der Waals surface area contributed by atoms with Crippen molar-refractivity contribution in [3.05, 3.63) is 47.3 Å². The Morgan fingerprint density at radius 3 is 2.64 bits per heavy atom. The van der Waals surface area contributed by atoms with Gasteiger partial charge in [-0.3, -0.25) is 4.90 Å². The van der Waals surface area contributed by atoms with Crippen LogP contribution < -0.4 is 0 Å². The van der Waals surface area contributed by atoms with Crippen molar-refractivity contribution < 1.29 is 4.74 Å². The van der Waals surface area contributed by atoms with E-state index < -0.39 is 0 Å². The van der Waals surface area contributed by atoms with Gasteiger partial charge in [-0.2, -0.15) is 0 Å². The molecule has 134 valence electrons. The van der Waals surface area contributed by atoms with Crippen LogP contribution in [-0.4, -0.2) is 39.6 Å². The quantitative estimate of drug-likeness (QED) is 0.842. The highest BCUT2D eigenvalue weighted by molar-refractivity contribution is 5.35. The normalized spacial score (nSPS) is 20.6. The second kappa shape index (κ2) is 6.22. The summed E-state index contributed by atoms with van der Waals surface area (Å²) in [5.74, 6) is 0. The van der Waals surface area contributed by atoms with Crippen molar-refractivity contribution in [3.63, 3.8) is 0 Å². The summed E-state index contributed by atoms with van der Waals surface area (Å²) in [6.07, 6.45) is 5.23. The van der Waals surface area contributed by atoms with Crippen molar-refractivity contribution in [1.82, 2.24) is 19.9 Å². The van der Waals surface area contributed by atoms with E-state index in [0.717, 1.165) is 51.2 Å². The number of nitrogens with zero attached hydrogens (tertiary/aromatic N) is 4. The number of piperidine rings is 1. The lowest BCUT2D eigenvalue weighted by atomic mass is 9.79. The third kappa shape index (κ3) is 3.23. The summed E-state index contributed by atoms with van der Waals surface area (Å²) >= 11 is 0. The molecule has 3 heterocycles. The molecule has 0 amide bonds. The van der Waals surface area contributed by atoms with Gasteiger partial charge in [-0.1, -0.05) is 29.5 Å². The Morgan fingerprint density at radius 2 is 1.92 bits per heavy atom. The van der Waals surface area contributed by atoms with Gasteiger partial charge in [0.05, 0.1) is 29.6 Å². The van der Waals surface area contributed by atoms with Crippen molar-refractivity contribution in [2.45, 2.75) is 57.7 Å². The van der Waals surface area contributed by atoms with Crippen molar-refractivity contribution in [2.24, 2.45) is 0 Å². The summed E-state index contributed by atoms with van der Waals surface area (Å²) < 4.78 is 8.27. The molecule has 1 fully saturated rings. The van der Waals surface area contributed by atoms with E-state index in [-0.39, 0.29) is 11.1 Å². The highest BCUT2D eigenvalue weighted by Crippen LogP contribution is 2.41. The van der Waals surface area contributed by atoms with Crippen LogP contribution in [0.4, 0.5) is 0 Å². The molecule has 25 heavy (non-hydrogen) atoms. The van der Waals surface area contributed by atoms with Crippen LogP contribution in [0.2, 0.25) is 0 Å². The number of ether oxygens (including phenoxy) is 1. The molecule has 0 saturated carbocycles. The van der Waals surface area contributed by atoms with Crippen LogP contribution in [-0.2, 0) is 28.8 Å². The van der Waals surface area contributed by atoms with Gasteiger partial charge in [0.2, 0.25) is 0 Å². The lowest BCUT2D eigenvalue weighted by molar-refractivity contribution is -0.0990. The fourth-order valence-electron chi connectivity index (χ4n) is 4.03. The molecule has 0 N–H and O–H groups in total. The lowest BCUT2D eigenvalue weighted by Crippen LogP contribution is -2.46. The first kappa shape index (κ1) is 16.7. The van der Waals surface area contributed by atoms with E-state index in [1.54, 1.807) is 0 Å². The zero-order valence-electron chi connectivity index (χ0n) is 15.5. The average molecular weight is 340 g/mol. The Balaban J connectivity index is 1.43. The highest BCUT2D eigenvalue weighted by Gasteiger charge is 2.40.